The number of carboxylic acids is 1. The molecule has 0 saturated carbocycles. The van der Waals surface area contributed by atoms with Gasteiger partial charge in [-0.1, -0.05) is 6.07 Å². The number of carboxylic acid groups (broad SMARTS) is 1. The first-order chi connectivity index (χ1) is 18.1. The van der Waals surface area contributed by atoms with Crippen molar-refractivity contribution in [2.75, 3.05) is 6.54 Å². The number of nitrogens with zero attached hydrogens (tertiary/aromatic N) is 4. The number of ether oxygens (including phenoxy) is 1. The first-order valence-corrected chi connectivity index (χ1v) is 13.7. The Morgan fingerprint density at radius 1 is 1.16 bits per heavy atom. The van der Waals surface area contributed by atoms with Crippen molar-refractivity contribution < 1.29 is 27.4 Å². The molecule has 4 aromatic rings. The normalized spacial score (nSPS) is 18.3. The lowest BCUT2D eigenvalue weighted by Gasteiger charge is -2.23. The standard InChI is InChI=1S/C27H27FN4O5S/c1-17(2)37-20-7-9-21(10-8-20)38(35,36)31-16-19(14-26(31)23-5-3-4-12-29-23)32-25-13-18(28)6-11-22(25)24(30-32)15-27(33)34/h3-13,17,19,26H,14-16H2,1-2H3,(H,33,34)/t19-,26+/m1/s1. The van der Waals surface area contributed by atoms with Gasteiger partial charge in [-0.05, 0) is 74.9 Å². The molecular weight excluding hydrogens is 511 g/mol. The predicted octanol–water partition coefficient (Wildman–Crippen LogP) is 4.36. The van der Waals surface area contributed by atoms with Gasteiger partial charge < -0.3 is 9.84 Å². The molecule has 9 nitrogen and oxygen atoms in total. The predicted molar refractivity (Wildman–Crippen MR) is 138 cm³/mol. The van der Waals surface area contributed by atoms with Crippen LogP contribution < -0.4 is 4.74 Å². The number of benzene rings is 2. The summed E-state index contributed by atoms with van der Waals surface area (Å²) in [6.07, 6.45) is 1.54. The fourth-order valence-corrected chi connectivity index (χ4v) is 6.54. The van der Waals surface area contributed by atoms with Crippen molar-refractivity contribution >= 4 is 26.9 Å². The van der Waals surface area contributed by atoms with Gasteiger partial charge in [-0.3, -0.25) is 14.5 Å². The minimum absolute atomic E-state index is 0.0492. The van der Waals surface area contributed by atoms with Crippen molar-refractivity contribution in [3.8, 4) is 5.75 Å². The molecule has 0 spiro atoms. The first-order valence-electron chi connectivity index (χ1n) is 12.2. The molecule has 0 amide bonds. The van der Waals surface area contributed by atoms with Gasteiger partial charge in [-0.15, -0.1) is 0 Å². The Kier molecular flexibility index (Phi) is 6.89. The van der Waals surface area contributed by atoms with E-state index in [1.807, 2.05) is 13.8 Å². The summed E-state index contributed by atoms with van der Waals surface area (Å²) in [7, 11) is -3.97. The van der Waals surface area contributed by atoms with Gasteiger partial charge in [0.2, 0.25) is 10.0 Å². The number of carbonyl (C=O) groups is 1. The first kappa shape index (κ1) is 25.8. The number of sulfonamides is 1. The van der Waals surface area contributed by atoms with E-state index in [2.05, 4.69) is 10.1 Å². The molecule has 1 aliphatic heterocycles. The summed E-state index contributed by atoms with van der Waals surface area (Å²) in [5.41, 5.74) is 1.29. The van der Waals surface area contributed by atoms with E-state index in [1.165, 1.54) is 34.6 Å². The Morgan fingerprint density at radius 2 is 1.92 bits per heavy atom. The van der Waals surface area contributed by atoms with Crippen molar-refractivity contribution in [3.05, 3.63) is 84.1 Å². The van der Waals surface area contributed by atoms with E-state index in [0.29, 0.717) is 34.5 Å². The third kappa shape index (κ3) is 4.99. The molecule has 1 N–H and O–H groups in total. The fourth-order valence-electron chi connectivity index (χ4n) is 4.90. The summed E-state index contributed by atoms with van der Waals surface area (Å²) < 4.78 is 50.6. The summed E-state index contributed by atoms with van der Waals surface area (Å²) in [6, 6.07) is 14.6. The molecule has 2 atom stereocenters. The molecule has 1 saturated heterocycles. The Hall–Kier alpha value is -3.83. The Morgan fingerprint density at radius 3 is 2.58 bits per heavy atom. The quantitative estimate of drug-likeness (QED) is 0.354. The maximum absolute atomic E-state index is 14.2. The van der Waals surface area contributed by atoms with Crippen LogP contribution in [0.4, 0.5) is 4.39 Å². The highest BCUT2D eigenvalue weighted by Crippen LogP contribution is 2.42. The molecule has 1 aliphatic rings. The van der Waals surface area contributed by atoms with Gasteiger partial charge in [-0.25, -0.2) is 12.8 Å². The van der Waals surface area contributed by atoms with E-state index in [1.54, 1.807) is 41.2 Å². The molecule has 1 fully saturated rings. The Balaban J connectivity index is 1.56. The molecule has 2 aromatic carbocycles. The van der Waals surface area contributed by atoms with Crippen molar-refractivity contribution in [1.29, 1.82) is 0 Å². The van der Waals surface area contributed by atoms with Gasteiger partial charge in [0.15, 0.2) is 0 Å². The number of halogens is 1. The van der Waals surface area contributed by atoms with Gasteiger partial charge in [0.25, 0.3) is 0 Å². The van der Waals surface area contributed by atoms with Crippen molar-refractivity contribution in [1.82, 2.24) is 19.1 Å². The zero-order chi connectivity index (χ0) is 27.0. The van der Waals surface area contributed by atoms with Gasteiger partial charge in [0.1, 0.15) is 11.6 Å². The van der Waals surface area contributed by atoms with Gasteiger partial charge in [0.05, 0.1) is 46.4 Å². The van der Waals surface area contributed by atoms with Crippen LogP contribution in [0.2, 0.25) is 0 Å². The molecule has 0 bridgehead atoms. The number of fused-ring (bicyclic) bond motifs is 1. The van der Waals surface area contributed by atoms with Crippen LogP contribution in [0.25, 0.3) is 10.9 Å². The van der Waals surface area contributed by atoms with Crippen molar-refractivity contribution in [3.63, 3.8) is 0 Å². The van der Waals surface area contributed by atoms with Crippen LogP contribution in [-0.2, 0) is 21.2 Å². The lowest BCUT2D eigenvalue weighted by molar-refractivity contribution is -0.136. The Labute approximate surface area is 219 Å². The lowest BCUT2D eigenvalue weighted by Crippen LogP contribution is -2.32. The highest BCUT2D eigenvalue weighted by molar-refractivity contribution is 7.89. The van der Waals surface area contributed by atoms with E-state index in [4.69, 9.17) is 4.74 Å². The van der Waals surface area contributed by atoms with E-state index in [9.17, 15) is 22.7 Å². The van der Waals surface area contributed by atoms with Gasteiger partial charge in [0, 0.05) is 18.1 Å². The number of rotatable bonds is 8. The van der Waals surface area contributed by atoms with Crippen LogP contribution in [0.1, 0.15) is 43.7 Å². The number of aliphatic carboxylic acids is 1. The largest absolute Gasteiger partial charge is 0.491 e. The van der Waals surface area contributed by atoms with E-state index in [0.717, 1.165) is 0 Å². The van der Waals surface area contributed by atoms with Crippen LogP contribution in [0.5, 0.6) is 5.75 Å². The minimum Gasteiger partial charge on any atom is -0.491 e. The number of aromatic nitrogens is 3. The van der Waals surface area contributed by atoms with E-state index < -0.39 is 33.9 Å². The monoisotopic (exact) mass is 538 g/mol. The zero-order valence-electron chi connectivity index (χ0n) is 20.9. The average Bonchev–Trinajstić information content (AvgIpc) is 3.47. The molecule has 198 valence electrons. The molecule has 3 heterocycles. The minimum atomic E-state index is -3.97. The summed E-state index contributed by atoms with van der Waals surface area (Å²) in [5.74, 6) is -0.990. The second kappa shape index (κ2) is 10.1. The zero-order valence-corrected chi connectivity index (χ0v) is 21.7. The van der Waals surface area contributed by atoms with Crippen LogP contribution in [0.3, 0.4) is 0 Å². The molecular formula is C27H27FN4O5S. The molecule has 5 rings (SSSR count). The van der Waals surface area contributed by atoms with Crippen molar-refractivity contribution in [2.24, 2.45) is 0 Å². The molecule has 38 heavy (non-hydrogen) atoms. The number of hydrogen-bond donors (Lipinski definition) is 1. The number of pyridine rings is 1. The third-order valence-corrected chi connectivity index (χ3v) is 8.36. The SMILES string of the molecule is CC(C)Oc1ccc(S(=O)(=O)N2C[C@H](n3nc(CC(=O)O)c4ccc(F)cc43)C[C@H]2c2ccccn2)cc1. The third-order valence-electron chi connectivity index (χ3n) is 6.48. The molecule has 0 aliphatic carbocycles. The molecule has 0 unspecified atom stereocenters. The van der Waals surface area contributed by atoms with Crippen LogP contribution >= 0.6 is 0 Å². The maximum Gasteiger partial charge on any atom is 0.309 e. The van der Waals surface area contributed by atoms with Crippen LogP contribution in [0, 0.1) is 5.82 Å². The highest BCUT2D eigenvalue weighted by Gasteiger charge is 2.43. The lowest BCUT2D eigenvalue weighted by atomic mass is 10.1. The van der Waals surface area contributed by atoms with Gasteiger partial charge in [-0.2, -0.15) is 9.40 Å². The fraction of sp³-hybridized carbons (Fsp3) is 0.296. The van der Waals surface area contributed by atoms with Gasteiger partial charge >= 0.3 is 5.97 Å². The molecule has 2 aromatic heterocycles. The van der Waals surface area contributed by atoms with Crippen molar-refractivity contribution in [2.45, 2.75) is 49.8 Å². The van der Waals surface area contributed by atoms with Crippen LogP contribution in [-0.4, -0.2) is 51.2 Å². The molecule has 0 radical (unpaired) electrons. The smallest absolute Gasteiger partial charge is 0.309 e. The summed E-state index contributed by atoms with van der Waals surface area (Å²) in [6.45, 7) is 3.83. The molecule has 11 heteroatoms. The number of hydrogen-bond acceptors (Lipinski definition) is 6. The van der Waals surface area contributed by atoms with Crippen LogP contribution in [0.15, 0.2) is 71.8 Å². The Bertz CT molecular complexity index is 1570. The summed E-state index contributed by atoms with van der Waals surface area (Å²) >= 11 is 0. The summed E-state index contributed by atoms with van der Waals surface area (Å²) in [4.78, 5) is 16.0. The second-order valence-electron chi connectivity index (χ2n) is 9.50. The maximum atomic E-state index is 14.2. The van der Waals surface area contributed by atoms with E-state index in [-0.39, 0.29) is 24.0 Å². The van der Waals surface area contributed by atoms with E-state index >= 15 is 0 Å². The summed E-state index contributed by atoms with van der Waals surface area (Å²) in [5, 5.41) is 14.4. The second-order valence-corrected chi connectivity index (χ2v) is 11.4. The topological polar surface area (TPSA) is 115 Å². The average molecular weight is 539 g/mol. The highest BCUT2D eigenvalue weighted by atomic mass is 32.2.